The fourth-order valence-electron chi connectivity index (χ4n) is 2.95. The first-order chi connectivity index (χ1) is 8.83. The van der Waals surface area contributed by atoms with Crippen LogP contribution >= 0.6 is 24.0 Å². The summed E-state index contributed by atoms with van der Waals surface area (Å²) in [5, 5.41) is 0.0459. The average Bonchev–Trinajstić information content (AvgIpc) is 2.64. The van der Waals surface area contributed by atoms with Gasteiger partial charge in [-0.05, 0) is 25.5 Å². The summed E-state index contributed by atoms with van der Waals surface area (Å²) in [6, 6.07) is 8.00. The first-order valence-electron chi connectivity index (χ1n) is 6.10. The zero-order valence-electron chi connectivity index (χ0n) is 10.8. The molecular weight excluding hydrogens is 298 g/mol. The van der Waals surface area contributed by atoms with Crippen molar-refractivity contribution in [2.24, 2.45) is 0 Å². The van der Waals surface area contributed by atoms with Crippen LogP contribution in [0.1, 0.15) is 12.5 Å². The standard InChI is InChI=1S/C13H15NO2S3/c1-9-5-3-4-6-10(9)14-12(17)18-11-7-19(15,16)8-13(11,14)2/h3-6,11H,7-8H2,1-2H3/t11-,13-/m0/s1. The Balaban J connectivity index is 2.11. The third-order valence-corrected chi connectivity index (χ3v) is 7.79. The van der Waals surface area contributed by atoms with Gasteiger partial charge in [0.05, 0.1) is 22.3 Å². The monoisotopic (exact) mass is 313 g/mol. The Bertz CT molecular complexity index is 656. The Labute approximate surface area is 123 Å². The van der Waals surface area contributed by atoms with Crippen molar-refractivity contribution in [2.75, 3.05) is 16.4 Å². The lowest BCUT2D eigenvalue weighted by Gasteiger charge is -2.35. The SMILES string of the molecule is Cc1ccccc1N1C(=S)S[C@H]2CS(=O)(=O)C[C@@]21C. The van der Waals surface area contributed by atoms with Gasteiger partial charge in [0.2, 0.25) is 0 Å². The molecule has 19 heavy (non-hydrogen) atoms. The van der Waals surface area contributed by atoms with Gasteiger partial charge in [-0.25, -0.2) is 8.42 Å². The van der Waals surface area contributed by atoms with Crippen molar-refractivity contribution >= 4 is 43.8 Å². The number of hydrogen-bond donors (Lipinski definition) is 0. The van der Waals surface area contributed by atoms with E-state index in [9.17, 15) is 8.42 Å². The molecule has 1 aromatic carbocycles. The molecule has 2 aliphatic rings. The summed E-state index contributed by atoms with van der Waals surface area (Å²) >= 11 is 7.00. The largest absolute Gasteiger partial charge is 0.319 e. The Kier molecular flexibility index (Phi) is 2.96. The van der Waals surface area contributed by atoms with E-state index < -0.39 is 15.4 Å². The van der Waals surface area contributed by atoms with E-state index in [0.29, 0.717) is 0 Å². The maximum absolute atomic E-state index is 11.9. The number of sulfone groups is 1. The molecule has 0 aliphatic carbocycles. The normalized spacial score (nSPS) is 32.6. The first kappa shape index (κ1) is 13.4. The second-order valence-electron chi connectivity index (χ2n) is 5.41. The molecule has 2 heterocycles. The van der Waals surface area contributed by atoms with Gasteiger partial charge in [0.25, 0.3) is 0 Å². The predicted molar refractivity (Wildman–Crippen MR) is 84.7 cm³/mol. The molecule has 3 nitrogen and oxygen atoms in total. The molecule has 0 radical (unpaired) electrons. The molecular formula is C13H15NO2S3. The van der Waals surface area contributed by atoms with Gasteiger partial charge < -0.3 is 4.90 Å². The van der Waals surface area contributed by atoms with Crippen LogP contribution in [0.15, 0.2) is 24.3 Å². The Morgan fingerprint density at radius 1 is 1.42 bits per heavy atom. The summed E-state index contributed by atoms with van der Waals surface area (Å²) in [4.78, 5) is 2.05. The zero-order valence-corrected chi connectivity index (χ0v) is 13.2. The van der Waals surface area contributed by atoms with Crippen LogP contribution in [0.5, 0.6) is 0 Å². The molecule has 2 aliphatic heterocycles. The summed E-state index contributed by atoms with van der Waals surface area (Å²) in [7, 11) is -2.96. The average molecular weight is 313 g/mol. The Morgan fingerprint density at radius 3 is 2.79 bits per heavy atom. The number of benzene rings is 1. The molecule has 0 bridgehead atoms. The minimum atomic E-state index is -2.96. The Hall–Kier alpha value is -0.590. The number of hydrogen-bond acceptors (Lipinski definition) is 4. The van der Waals surface area contributed by atoms with Crippen LogP contribution < -0.4 is 4.90 Å². The molecule has 0 amide bonds. The summed E-state index contributed by atoms with van der Waals surface area (Å²) in [5.41, 5.74) is 1.74. The van der Waals surface area contributed by atoms with Crippen LogP contribution in [0, 0.1) is 6.92 Å². The van der Waals surface area contributed by atoms with E-state index in [1.807, 2.05) is 38.1 Å². The minimum Gasteiger partial charge on any atom is -0.319 e. The summed E-state index contributed by atoms with van der Waals surface area (Å²) < 4.78 is 24.7. The van der Waals surface area contributed by atoms with Crippen molar-refractivity contribution in [3.8, 4) is 0 Å². The van der Waals surface area contributed by atoms with Crippen molar-refractivity contribution < 1.29 is 8.42 Å². The van der Waals surface area contributed by atoms with Crippen molar-refractivity contribution in [3.63, 3.8) is 0 Å². The van der Waals surface area contributed by atoms with Crippen molar-refractivity contribution in [3.05, 3.63) is 29.8 Å². The topological polar surface area (TPSA) is 37.4 Å². The lowest BCUT2D eigenvalue weighted by atomic mass is 9.98. The van der Waals surface area contributed by atoms with Gasteiger partial charge in [-0.3, -0.25) is 0 Å². The van der Waals surface area contributed by atoms with Gasteiger partial charge in [-0.2, -0.15) is 0 Å². The van der Waals surface area contributed by atoms with Crippen molar-refractivity contribution in [1.82, 2.24) is 0 Å². The van der Waals surface area contributed by atoms with Gasteiger partial charge in [0, 0.05) is 5.69 Å². The lowest BCUT2D eigenvalue weighted by molar-refractivity contribution is 0.550. The van der Waals surface area contributed by atoms with E-state index in [-0.39, 0.29) is 16.8 Å². The van der Waals surface area contributed by atoms with E-state index in [2.05, 4.69) is 4.90 Å². The quantitative estimate of drug-likeness (QED) is 0.744. The molecule has 0 N–H and O–H groups in total. The number of rotatable bonds is 1. The fourth-order valence-corrected chi connectivity index (χ4v) is 7.86. The molecule has 0 spiro atoms. The summed E-state index contributed by atoms with van der Waals surface area (Å²) in [6.45, 7) is 4.05. The molecule has 6 heteroatoms. The molecule has 0 unspecified atom stereocenters. The smallest absolute Gasteiger partial charge is 0.153 e. The number of aryl methyl sites for hydroxylation is 1. The number of nitrogens with zero attached hydrogens (tertiary/aromatic N) is 1. The third-order valence-electron chi connectivity index (χ3n) is 3.90. The number of fused-ring (bicyclic) bond motifs is 1. The highest BCUT2D eigenvalue weighted by molar-refractivity contribution is 8.24. The molecule has 2 fully saturated rings. The van der Waals surface area contributed by atoms with Crippen LogP contribution in [-0.4, -0.2) is 35.0 Å². The van der Waals surface area contributed by atoms with Gasteiger partial charge in [0.15, 0.2) is 9.84 Å². The highest BCUT2D eigenvalue weighted by Crippen LogP contribution is 2.48. The molecule has 3 rings (SSSR count). The van der Waals surface area contributed by atoms with Crippen molar-refractivity contribution in [2.45, 2.75) is 24.6 Å². The van der Waals surface area contributed by atoms with Gasteiger partial charge in [0.1, 0.15) is 4.32 Å². The zero-order chi connectivity index (χ0) is 13.8. The molecule has 0 aromatic heterocycles. The highest BCUT2D eigenvalue weighted by atomic mass is 32.2. The van der Waals surface area contributed by atoms with E-state index >= 15 is 0 Å². The number of thiocarbonyl (C=S) groups is 1. The number of anilines is 1. The van der Waals surface area contributed by atoms with Crippen LogP contribution in [0.2, 0.25) is 0 Å². The first-order valence-corrected chi connectivity index (χ1v) is 9.21. The van der Waals surface area contributed by atoms with Crippen LogP contribution in [0.25, 0.3) is 0 Å². The molecule has 0 saturated carbocycles. The third kappa shape index (κ3) is 2.00. The molecule has 2 atom stereocenters. The van der Waals surface area contributed by atoms with Crippen molar-refractivity contribution in [1.29, 1.82) is 0 Å². The molecule has 1 aromatic rings. The number of para-hydroxylation sites is 1. The van der Waals surface area contributed by atoms with Gasteiger partial charge >= 0.3 is 0 Å². The van der Waals surface area contributed by atoms with Gasteiger partial charge in [-0.15, -0.1) is 0 Å². The summed E-state index contributed by atoms with van der Waals surface area (Å²) in [6.07, 6.45) is 0. The van der Waals surface area contributed by atoms with E-state index in [1.54, 1.807) is 0 Å². The van der Waals surface area contributed by atoms with Gasteiger partial charge in [-0.1, -0.05) is 42.2 Å². The molecule has 2 saturated heterocycles. The molecule has 102 valence electrons. The van der Waals surface area contributed by atoms with E-state index in [4.69, 9.17) is 12.2 Å². The highest BCUT2D eigenvalue weighted by Gasteiger charge is 2.57. The van der Waals surface area contributed by atoms with E-state index in [0.717, 1.165) is 15.6 Å². The maximum Gasteiger partial charge on any atom is 0.153 e. The Morgan fingerprint density at radius 2 is 2.11 bits per heavy atom. The fraction of sp³-hybridized carbons (Fsp3) is 0.462. The summed E-state index contributed by atoms with van der Waals surface area (Å²) in [5.74, 6) is 0.419. The minimum absolute atomic E-state index is 0.0459. The van der Waals surface area contributed by atoms with Crippen LogP contribution in [0.4, 0.5) is 5.69 Å². The van der Waals surface area contributed by atoms with E-state index in [1.165, 1.54) is 11.8 Å². The lowest BCUT2D eigenvalue weighted by Crippen LogP contribution is -2.49. The maximum atomic E-state index is 11.9. The van der Waals surface area contributed by atoms with Crippen LogP contribution in [0.3, 0.4) is 0 Å². The number of thioether (sulfide) groups is 1. The second-order valence-corrected chi connectivity index (χ2v) is 9.35. The van der Waals surface area contributed by atoms with Crippen LogP contribution in [-0.2, 0) is 9.84 Å². The second kappa shape index (κ2) is 4.20. The predicted octanol–water partition coefficient (Wildman–Crippen LogP) is 2.39.